The summed E-state index contributed by atoms with van der Waals surface area (Å²) in [6, 6.07) is 0. The quantitative estimate of drug-likeness (QED) is 0.348. The van der Waals surface area contributed by atoms with E-state index in [1.165, 1.54) is 0 Å². The van der Waals surface area contributed by atoms with E-state index in [9.17, 15) is 14.4 Å². The first kappa shape index (κ1) is 23.7. The summed E-state index contributed by atoms with van der Waals surface area (Å²) in [6.07, 6.45) is -1.50. The molecule has 1 saturated carbocycles. The highest BCUT2D eigenvalue weighted by Gasteiger charge is 2.70. The fraction of sp³-hybridized carbons (Fsp3) is 0.842. The SMILES string of the molecule is CCOC(=O)[C@@]1(N(C(=O)OC(C)(C)C)C(=O)OC(C)(C)C)C[C@H]1C(C)CBr. The Hall–Kier alpha value is -1.31. The van der Waals surface area contributed by atoms with Crippen molar-refractivity contribution in [3.05, 3.63) is 0 Å². The van der Waals surface area contributed by atoms with Crippen LogP contribution in [0.3, 0.4) is 0 Å². The molecule has 7 nitrogen and oxygen atoms in total. The monoisotopic (exact) mass is 449 g/mol. The number of alkyl halides is 1. The molecule has 0 aromatic carbocycles. The lowest BCUT2D eigenvalue weighted by Gasteiger charge is -2.33. The van der Waals surface area contributed by atoms with E-state index in [1.54, 1.807) is 48.5 Å². The van der Waals surface area contributed by atoms with Crippen LogP contribution in [0, 0.1) is 11.8 Å². The van der Waals surface area contributed by atoms with Gasteiger partial charge in [0.15, 0.2) is 5.54 Å². The molecule has 0 N–H and O–H groups in total. The van der Waals surface area contributed by atoms with E-state index >= 15 is 0 Å². The number of nitrogens with zero attached hydrogens (tertiary/aromatic N) is 1. The van der Waals surface area contributed by atoms with Crippen LogP contribution in [-0.2, 0) is 19.0 Å². The second kappa shape index (κ2) is 8.37. The number of amides is 2. The van der Waals surface area contributed by atoms with E-state index in [-0.39, 0.29) is 18.4 Å². The van der Waals surface area contributed by atoms with Crippen LogP contribution in [0.2, 0.25) is 0 Å². The third kappa shape index (κ3) is 5.83. The van der Waals surface area contributed by atoms with Crippen molar-refractivity contribution < 1.29 is 28.6 Å². The second-order valence-corrected chi connectivity index (χ2v) is 9.53. The molecular formula is C19H32BrNO6. The van der Waals surface area contributed by atoms with Crippen LogP contribution < -0.4 is 0 Å². The molecule has 0 aromatic heterocycles. The first-order chi connectivity index (χ1) is 12.2. The zero-order valence-electron chi connectivity index (χ0n) is 17.6. The summed E-state index contributed by atoms with van der Waals surface area (Å²) in [6.45, 7) is 13.9. The molecule has 0 radical (unpaired) electrons. The van der Waals surface area contributed by atoms with Gasteiger partial charge in [0.05, 0.1) is 6.61 Å². The summed E-state index contributed by atoms with van der Waals surface area (Å²) < 4.78 is 16.1. The van der Waals surface area contributed by atoms with Crippen molar-refractivity contribution >= 4 is 34.1 Å². The van der Waals surface area contributed by atoms with Gasteiger partial charge in [-0.2, -0.15) is 4.90 Å². The fourth-order valence-corrected chi connectivity index (χ4v) is 3.36. The largest absolute Gasteiger partial charge is 0.464 e. The number of carbonyl (C=O) groups is 3. The summed E-state index contributed by atoms with van der Waals surface area (Å²) >= 11 is 3.41. The summed E-state index contributed by atoms with van der Waals surface area (Å²) in [5.74, 6) is -0.808. The normalized spacial score (nSPS) is 23.2. The van der Waals surface area contributed by atoms with Gasteiger partial charge >= 0.3 is 18.2 Å². The number of esters is 1. The lowest BCUT2D eigenvalue weighted by Crippen LogP contribution is -2.55. The topological polar surface area (TPSA) is 82.1 Å². The Kier molecular flexibility index (Phi) is 7.36. The molecule has 1 aliphatic rings. The van der Waals surface area contributed by atoms with Crippen LogP contribution in [-0.4, -0.2) is 51.7 Å². The molecule has 1 rings (SSSR count). The highest BCUT2D eigenvalue weighted by Crippen LogP contribution is 2.54. The van der Waals surface area contributed by atoms with Crippen LogP contribution >= 0.6 is 15.9 Å². The Labute approximate surface area is 170 Å². The number of rotatable bonds is 5. The van der Waals surface area contributed by atoms with Crippen molar-refractivity contribution in [3.8, 4) is 0 Å². The van der Waals surface area contributed by atoms with Crippen molar-refractivity contribution in [1.29, 1.82) is 0 Å². The van der Waals surface area contributed by atoms with Crippen molar-refractivity contribution in [3.63, 3.8) is 0 Å². The molecular weight excluding hydrogens is 418 g/mol. The van der Waals surface area contributed by atoms with Crippen LogP contribution in [0.5, 0.6) is 0 Å². The van der Waals surface area contributed by atoms with Gasteiger partial charge in [0, 0.05) is 5.33 Å². The maximum Gasteiger partial charge on any atom is 0.420 e. The molecule has 2 amide bonds. The highest BCUT2D eigenvalue weighted by molar-refractivity contribution is 9.09. The number of imide groups is 1. The zero-order chi connectivity index (χ0) is 21.2. The van der Waals surface area contributed by atoms with Crippen molar-refractivity contribution in [2.75, 3.05) is 11.9 Å². The molecule has 1 unspecified atom stereocenters. The Morgan fingerprint density at radius 1 is 1.07 bits per heavy atom. The van der Waals surface area contributed by atoms with E-state index in [0.717, 1.165) is 4.90 Å². The van der Waals surface area contributed by atoms with E-state index < -0.39 is 34.9 Å². The van der Waals surface area contributed by atoms with Gasteiger partial charge in [-0.05, 0) is 66.7 Å². The minimum atomic E-state index is -1.41. The predicted octanol–water partition coefficient (Wildman–Crippen LogP) is 4.51. The summed E-state index contributed by atoms with van der Waals surface area (Å²) in [5, 5.41) is 0.620. The molecule has 3 atom stereocenters. The molecule has 0 bridgehead atoms. The molecule has 0 heterocycles. The van der Waals surface area contributed by atoms with E-state index in [1.807, 2.05) is 6.92 Å². The third-order valence-electron chi connectivity index (χ3n) is 4.09. The predicted molar refractivity (Wildman–Crippen MR) is 105 cm³/mol. The lowest BCUT2D eigenvalue weighted by atomic mass is 10.0. The van der Waals surface area contributed by atoms with E-state index in [0.29, 0.717) is 11.8 Å². The van der Waals surface area contributed by atoms with Gasteiger partial charge in [0.2, 0.25) is 0 Å². The van der Waals surface area contributed by atoms with Crippen molar-refractivity contribution in [2.45, 2.75) is 78.6 Å². The number of carbonyl (C=O) groups excluding carboxylic acids is 3. The van der Waals surface area contributed by atoms with E-state index in [2.05, 4.69) is 15.9 Å². The second-order valence-electron chi connectivity index (χ2n) is 8.88. The van der Waals surface area contributed by atoms with Gasteiger partial charge in [-0.15, -0.1) is 0 Å². The minimum absolute atomic E-state index is 0.0433. The lowest BCUT2D eigenvalue weighted by molar-refractivity contribution is -0.152. The van der Waals surface area contributed by atoms with Gasteiger partial charge in [0.1, 0.15) is 11.2 Å². The van der Waals surface area contributed by atoms with Gasteiger partial charge in [-0.3, -0.25) is 0 Å². The number of ether oxygens (including phenoxy) is 3. The maximum absolute atomic E-state index is 12.9. The van der Waals surface area contributed by atoms with Crippen LogP contribution in [0.4, 0.5) is 9.59 Å². The molecule has 0 aromatic rings. The van der Waals surface area contributed by atoms with E-state index in [4.69, 9.17) is 14.2 Å². The first-order valence-corrected chi connectivity index (χ1v) is 10.3. The Morgan fingerprint density at radius 3 is 1.85 bits per heavy atom. The van der Waals surface area contributed by atoms with Gasteiger partial charge in [0.25, 0.3) is 0 Å². The average Bonchev–Trinajstić information content (AvgIpc) is 3.19. The average molecular weight is 450 g/mol. The minimum Gasteiger partial charge on any atom is -0.464 e. The number of halogens is 1. The molecule has 0 aliphatic heterocycles. The molecule has 0 saturated heterocycles. The third-order valence-corrected chi connectivity index (χ3v) is 5.12. The van der Waals surface area contributed by atoms with Crippen LogP contribution in [0.15, 0.2) is 0 Å². The molecule has 8 heteroatoms. The van der Waals surface area contributed by atoms with Gasteiger partial charge in [-0.25, -0.2) is 14.4 Å². The number of hydrogen-bond donors (Lipinski definition) is 0. The molecule has 1 aliphatic carbocycles. The molecule has 156 valence electrons. The van der Waals surface area contributed by atoms with Crippen molar-refractivity contribution in [1.82, 2.24) is 4.90 Å². The van der Waals surface area contributed by atoms with Crippen LogP contribution in [0.25, 0.3) is 0 Å². The van der Waals surface area contributed by atoms with Crippen LogP contribution in [0.1, 0.15) is 61.8 Å². The molecule has 0 spiro atoms. The Morgan fingerprint density at radius 2 is 1.52 bits per heavy atom. The van der Waals surface area contributed by atoms with Crippen molar-refractivity contribution in [2.24, 2.45) is 11.8 Å². The molecule has 27 heavy (non-hydrogen) atoms. The Bertz CT molecular complexity index is 552. The Balaban J connectivity index is 3.37. The highest BCUT2D eigenvalue weighted by atomic mass is 79.9. The standard InChI is InChI=1S/C19H32BrNO6/c1-9-25-14(22)19(10-13(19)12(2)11-20)21(15(23)26-17(3,4)5)16(24)27-18(6,7)8/h12-13H,9-11H2,1-8H3/t12?,13-,19+/m0/s1. The van der Waals surface area contributed by atoms with Gasteiger partial charge in [-0.1, -0.05) is 22.9 Å². The number of hydrogen-bond acceptors (Lipinski definition) is 6. The summed E-state index contributed by atoms with van der Waals surface area (Å²) in [4.78, 5) is 39.5. The first-order valence-electron chi connectivity index (χ1n) is 9.19. The zero-order valence-corrected chi connectivity index (χ0v) is 19.1. The molecule has 1 fully saturated rings. The fourth-order valence-electron chi connectivity index (χ4n) is 2.91. The van der Waals surface area contributed by atoms with Gasteiger partial charge < -0.3 is 14.2 Å². The summed E-state index contributed by atoms with van der Waals surface area (Å²) in [5.41, 5.74) is -3.08. The maximum atomic E-state index is 12.9. The summed E-state index contributed by atoms with van der Waals surface area (Å²) in [7, 11) is 0. The smallest absolute Gasteiger partial charge is 0.420 e.